The van der Waals surface area contributed by atoms with Crippen LogP contribution in [0.5, 0.6) is 0 Å². The molecule has 0 aromatic carbocycles. The quantitative estimate of drug-likeness (QED) is 0.0381. The normalized spacial score (nSPS) is 34.1. The smallest absolute Gasteiger partial charge is 0.310 e. The van der Waals surface area contributed by atoms with Gasteiger partial charge in [-0.15, -0.1) is 0 Å². The first-order chi connectivity index (χ1) is 61.1. The van der Waals surface area contributed by atoms with Crippen molar-refractivity contribution in [3.8, 4) is 0 Å². The highest BCUT2D eigenvalue weighted by molar-refractivity contribution is 5.73. The van der Waals surface area contributed by atoms with E-state index in [9.17, 15) is 44.1 Å². The van der Waals surface area contributed by atoms with E-state index in [0.717, 1.165) is 250 Å². The lowest BCUT2D eigenvalue weighted by Crippen LogP contribution is -2.44. The Bertz CT molecular complexity index is 3280. The second kappa shape index (κ2) is 51.0. The third-order valence-electron chi connectivity index (χ3n) is 33.4. The van der Waals surface area contributed by atoms with Crippen LogP contribution in [0, 0.1) is 53.3 Å². The second-order valence-corrected chi connectivity index (χ2v) is 43.2. The van der Waals surface area contributed by atoms with Gasteiger partial charge in [0.2, 0.25) is 0 Å². The lowest BCUT2D eigenvalue weighted by atomic mass is 9.79. The molecule has 22 heteroatoms. The number of carbonyl (C=O) groups excluding carboxylic acids is 6. The van der Waals surface area contributed by atoms with E-state index in [1.165, 1.54) is 51.9 Å². The molecule has 128 heavy (non-hydrogen) atoms. The minimum absolute atomic E-state index is 0.00132. The summed E-state index contributed by atoms with van der Waals surface area (Å²) in [4.78, 5) is 74.9. The van der Waals surface area contributed by atoms with Gasteiger partial charge in [-0.1, -0.05) is 110 Å². The maximum Gasteiger partial charge on any atom is 0.310 e. The zero-order valence-electron chi connectivity index (χ0n) is 83.6. The molecule has 24 atom stereocenters. The van der Waals surface area contributed by atoms with Crippen molar-refractivity contribution < 1.29 is 106 Å². The van der Waals surface area contributed by atoms with Crippen LogP contribution in [-0.2, 0) is 90.3 Å². The highest BCUT2D eigenvalue weighted by Crippen LogP contribution is 2.54. The monoisotopic (exact) mass is 1810 g/mol. The zero-order chi connectivity index (χ0) is 93.2. The molecule has 13 aliphatic rings. The summed E-state index contributed by atoms with van der Waals surface area (Å²) in [5.74, 6) is 1.71. The van der Waals surface area contributed by atoms with Gasteiger partial charge in [0, 0.05) is 31.3 Å². The number of rotatable bonds is 39. The lowest BCUT2D eigenvalue weighted by molar-refractivity contribution is -0.208. The van der Waals surface area contributed by atoms with Crippen molar-refractivity contribution in [2.75, 3.05) is 6.61 Å². The summed E-state index contributed by atoms with van der Waals surface area (Å²) in [6, 6.07) is 0. The lowest BCUT2D eigenvalue weighted by Gasteiger charge is -2.36. The summed E-state index contributed by atoms with van der Waals surface area (Å²) in [5, 5.41) is 32.4. The van der Waals surface area contributed by atoms with Gasteiger partial charge in [-0.05, 0) is 339 Å². The molecule has 7 aliphatic carbocycles. The summed E-state index contributed by atoms with van der Waals surface area (Å²) in [6.07, 6.45) is 47.9. The Balaban J connectivity index is 0.000000181. The van der Waals surface area contributed by atoms with Crippen LogP contribution in [-0.4, -0.2) is 183 Å². The Morgan fingerprint density at radius 3 is 1.37 bits per heavy atom. The molecule has 6 saturated heterocycles. The molecule has 7 saturated carbocycles. The van der Waals surface area contributed by atoms with Crippen LogP contribution in [0.15, 0.2) is 0 Å². The van der Waals surface area contributed by atoms with Gasteiger partial charge in [0.15, 0.2) is 6.29 Å². The number of esters is 6. The Hall–Kier alpha value is -3.58. The van der Waals surface area contributed by atoms with Gasteiger partial charge in [-0.3, -0.25) is 28.8 Å². The number of carbonyl (C=O) groups is 6. The number of hydrogen-bond donors (Lipinski definition) is 3. The number of ether oxygens (including phenoxy) is 13. The molecule has 6 heterocycles. The highest BCUT2D eigenvalue weighted by atomic mass is 16.7. The molecular weight excluding hydrogens is 1630 g/mol. The predicted octanol–water partition coefficient (Wildman–Crippen LogP) is 22.5. The maximum absolute atomic E-state index is 12.9. The minimum Gasteiger partial charge on any atom is -0.462 e. The number of hydrogen-bond acceptors (Lipinski definition) is 22. The van der Waals surface area contributed by atoms with Crippen molar-refractivity contribution in [2.24, 2.45) is 53.3 Å². The summed E-state index contributed by atoms with van der Waals surface area (Å²) < 4.78 is 78.0. The fraction of sp³-hybridized carbons (Fsp3) is 0.943. The van der Waals surface area contributed by atoms with E-state index < -0.39 is 23.4 Å². The average Bonchev–Trinajstić information content (AvgIpc) is 1.62. The zero-order valence-corrected chi connectivity index (χ0v) is 83.6. The van der Waals surface area contributed by atoms with Crippen LogP contribution in [0.1, 0.15) is 452 Å². The van der Waals surface area contributed by atoms with Crippen molar-refractivity contribution in [3.05, 3.63) is 0 Å². The Labute approximate surface area is 774 Å². The minimum atomic E-state index is -1.07. The maximum atomic E-state index is 12.9. The van der Waals surface area contributed by atoms with Crippen LogP contribution >= 0.6 is 0 Å². The van der Waals surface area contributed by atoms with Crippen LogP contribution < -0.4 is 0 Å². The molecule has 3 N–H and O–H groups in total. The molecule has 0 amide bonds. The van der Waals surface area contributed by atoms with Crippen LogP contribution in [0.3, 0.4) is 0 Å². The SMILES string of the molecule is CCC1CC(C(C)(O)CC(=O)OC2(C(C)C)CCCC2)C(CC)O1.CCC1CC(C(CC(=O)OC2(CC)CCCC2)OC(C)=O)C(CC)O1.CCC1CC(C(CC(=O)OC2(CC)CCCC2)OC2CCCCO2)C(CC)O1.CCC1CC(CC(C)(O)CC(=O)OC2(C3CCCC3)CCCC2)C(CC)O1.CCC1CC(CC(O)CC(=O)OC2(C)CC3CCC2C3)C(CC)O1. The van der Waals surface area contributed by atoms with Crippen molar-refractivity contribution >= 4 is 35.8 Å². The molecule has 0 aromatic rings. The van der Waals surface area contributed by atoms with Gasteiger partial charge in [-0.2, -0.15) is 0 Å². The summed E-state index contributed by atoms with van der Waals surface area (Å²) in [7, 11) is 0. The van der Waals surface area contributed by atoms with E-state index >= 15 is 0 Å². The third-order valence-corrected chi connectivity index (χ3v) is 33.4. The molecule has 6 aliphatic heterocycles. The van der Waals surface area contributed by atoms with E-state index in [2.05, 4.69) is 104 Å². The van der Waals surface area contributed by atoms with Crippen molar-refractivity contribution in [3.63, 3.8) is 0 Å². The second-order valence-electron chi connectivity index (χ2n) is 43.2. The molecule has 13 fully saturated rings. The molecule has 0 aromatic heterocycles. The molecule has 740 valence electrons. The Kier molecular flexibility index (Phi) is 43.1. The predicted molar refractivity (Wildman–Crippen MR) is 497 cm³/mol. The van der Waals surface area contributed by atoms with Gasteiger partial charge in [0.25, 0.3) is 0 Å². The van der Waals surface area contributed by atoms with Crippen molar-refractivity contribution in [1.29, 1.82) is 0 Å². The molecule has 2 bridgehead atoms. The van der Waals surface area contributed by atoms with Crippen LogP contribution in [0.4, 0.5) is 0 Å². The van der Waals surface area contributed by atoms with E-state index in [-0.39, 0.29) is 168 Å². The first-order valence-corrected chi connectivity index (χ1v) is 53.0. The molecular formula is C106H184O22. The van der Waals surface area contributed by atoms with Gasteiger partial charge in [-0.25, -0.2) is 0 Å². The van der Waals surface area contributed by atoms with Gasteiger partial charge in [0.1, 0.15) is 34.1 Å². The van der Waals surface area contributed by atoms with Crippen molar-refractivity contribution in [2.45, 2.75) is 577 Å². The largest absolute Gasteiger partial charge is 0.462 e. The van der Waals surface area contributed by atoms with E-state index in [1.807, 2.05) is 0 Å². The number of fused-ring (bicyclic) bond motifs is 2. The van der Waals surface area contributed by atoms with E-state index in [0.29, 0.717) is 61.1 Å². The summed E-state index contributed by atoms with van der Waals surface area (Å²) >= 11 is 0. The molecule has 0 spiro atoms. The third kappa shape index (κ3) is 30.5. The highest BCUT2D eigenvalue weighted by Gasteiger charge is 2.54. The Morgan fingerprint density at radius 1 is 0.438 bits per heavy atom. The van der Waals surface area contributed by atoms with Crippen LogP contribution in [0.2, 0.25) is 0 Å². The molecule has 22 nitrogen and oxygen atoms in total. The molecule has 13 rings (SSSR count). The molecule has 24 unspecified atom stereocenters. The Morgan fingerprint density at radius 2 is 0.891 bits per heavy atom. The first-order valence-electron chi connectivity index (χ1n) is 53.0. The topological polar surface area (TPSA) is 283 Å². The number of aliphatic hydroxyl groups is 3. The summed E-state index contributed by atoms with van der Waals surface area (Å²) in [5.41, 5.74) is -3.48. The van der Waals surface area contributed by atoms with Gasteiger partial charge in [0.05, 0.1) is 117 Å². The van der Waals surface area contributed by atoms with E-state index in [1.54, 1.807) is 13.8 Å². The standard InChI is InChI=1S/C23H40O5.C23H40O4.C20H34O5.C20H34O4.C20H36O4/c1-4-17-15-18(19(5-2)26-17)20(27-22-11-7-10-14-25-22)16-21(24)28-23(6-3)12-8-9-13-23;1-4-19-14-17(20(5-2)26-19)15-22(3,25)16-21(24)27-23(12-8-9-13-23)18-10-6-7-11-18;1-5-15-12-16(17(6-2)24-15)18(23-14(4)21)13-19(22)25-20(7-3)10-8-9-11-20;1-4-17-10-14(18(5-2)23-17)9-16(21)11-19(22)24-20(3)12-13-6-7-15(20)8-13;1-6-15-12-16(17(7-2)23-15)19(5,22)13-18(21)24-20(14(3)4)10-8-9-11-20/h17-20,22H,4-16H2,1-3H3;17-20,25H,4-16H2,1-3H3;15-18H,5-13H2,1-4H3;13-18,21H,4-12H2,1-3H3;14-17,22H,6-13H2,1-5H3. The van der Waals surface area contributed by atoms with Gasteiger partial charge < -0.3 is 76.9 Å². The summed E-state index contributed by atoms with van der Waals surface area (Å²) in [6.45, 7) is 37.5. The van der Waals surface area contributed by atoms with Gasteiger partial charge >= 0.3 is 35.8 Å². The van der Waals surface area contributed by atoms with Crippen LogP contribution in [0.25, 0.3) is 0 Å². The first kappa shape index (κ1) is 108. The molecule has 0 radical (unpaired) electrons. The fourth-order valence-corrected chi connectivity index (χ4v) is 25.7. The van der Waals surface area contributed by atoms with Crippen molar-refractivity contribution in [1.82, 2.24) is 0 Å². The van der Waals surface area contributed by atoms with E-state index in [4.69, 9.17) is 61.6 Å². The number of aliphatic hydroxyl groups excluding tert-OH is 1. The average molecular weight is 1810 g/mol. The fourth-order valence-electron chi connectivity index (χ4n) is 25.7.